The molecule has 1 amide bonds. The number of aryl methyl sites for hydroxylation is 1. The number of nitrogens with zero attached hydrogens (tertiary/aromatic N) is 4. The molecular formula is C17H18ClFN4O. The summed E-state index contributed by atoms with van der Waals surface area (Å²) in [5.74, 6) is 1.11. The van der Waals surface area contributed by atoms with Gasteiger partial charge in [0.2, 0.25) is 0 Å². The van der Waals surface area contributed by atoms with E-state index in [-0.39, 0.29) is 16.6 Å². The highest BCUT2D eigenvalue weighted by atomic mass is 35.5. The second-order valence-corrected chi connectivity index (χ2v) is 6.93. The third-order valence-corrected chi connectivity index (χ3v) is 5.30. The van der Waals surface area contributed by atoms with Crippen LogP contribution >= 0.6 is 11.6 Å². The Hall–Kier alpha value is -1.95. The highest BCUT2D eigenvalue weighted by Gasteiger charge is 2.36. The smallest absolute Gasteiger partial charge is 0.259 e. The third kappa shape index (κ3) is 2.40. The van der Waals surface area contributed by atoms with Crippen molar-refractivity contribution in [1.82, 2.24) is 19.7 Å². The van der Waals surface area contributed by atoms with Crippen LogP contribution in [0.25, 0.3) is 0 Å². The number of halogens is 2. The van der Waals surface area contributed by atoms with E-state index in [0.717, 1.165) is 24.5 Å². The van der Waals surface area contributed by atoms with Crippen molar-refractivity contribution in [3.63, 3.8) is 0 Å². The maximum Gasteiger partial charge on any atom is 0.259 e. The lowest BCUT2D eigenvalue weighted by Crippen LogP contribution is -2.42. The van der Waals surface area contributed by atoms with Crippen molar-refractivity contribution >= 4 is 17.5 Å². The lowest BCUT2D eigenvalue weighted by atomic mass is 10.1. The molecule has 1 atom stereocenters. The van der Waals surface area contributed by atoms with Crippen LogP contribution in [0.2, 0.25) is 5.02 Å². The second kappa shape index (κ2) is 5.55. The van der Waals surface area contributed by atoms with Gasteiger partial charge in [-0.2, -0.15) is 5.10 Å². The summed E-state index contributed by atoms with van der Waals surface area (Å²) in [6, 6.07) is 2.60. The molecule has 0 spiro atoms. The van der Waals surface area contributed by atoms with Crippen LogP contribution < -0.4 is 0 Å². The van der Waals surface area contributed by atoms with Crippen LogP contribution in [-0.4, -0.2) is 32.1 Å². The van der Waals surface area contributed by atoms with Crippen LogP contribution in [0.15, 0.2) is 12.1 Å². The number of rotatable bonds is 2. The van der Waals surface area contributed by atoms with Crippen molar-refractivity contribution in [2.45, 2.75) is 45.2 Å². The van der Waals surface area contributed by atoms with Crippen LogP contribution in [-0.2, 0) is 6.54 Å². The zero-order valence-electron chi connectivity index (χ0n) is 13.6. The Morgan fingerprint density at radius 3 is 2.79 bits per heavy atom. The molecule has 1 aliphatic heterocycles. The number of hydrogen-bond donors (Lipinski definition) is 0. The Morgan fingerprint density at radius 2 is 2.08 bits per heavy atom. The Labute approximate surface area is 144 Å². The first-order valence-corrected chi connectivity index (χ1v) is 8.55. The summed E-state index contributed by atoms with van der Waals surface area (Å²) in [5, 5.41) is 4.73. The fourth-order valence-electron chi connectivity index (χ4n) is 3.17. The summed E-state index contributed by atoms with van der Waals surface area (Å²) < 4.78 is 16.1. The van der Waals surface area contributed by atoms with E-state index in [4.69, 9.17) is 11.6 Å². The van der Waals surface area contributed by atoms with Gasteiger partial charge in [0.25, 0.3) is 5.91 Å². The average Bonchev–Trinajstić information content (AvgIpc) is 3.31. The van der Waals surface area contributed by atoms with Gasteiger partial charge in [-0.3, -0.25) is 4.79 Å². The topological polar surface area (TPSA) is 51.0 Å². The number of carbonyl (C=O) groups is 1. The predicted molar refractivity (Wildman–Crippen MR) is 87.6 cm³/mol. The van der Waals surface area contributed by atoms with Crippen LogP contribution in [0.5, 0.6) is 0 Å². The van der Waals surface area contributed by atoms with Crippen LogP contribution in [0.4, 0.5) is 4.39 Å². The van der Waals surface area contributed by atoms with Crippen molar-refractivity contribution in [1.29, 1.82) is 0 Å². The first kappa shape index (κ1) is 15.6. The maximum atomic E-state index is 14.2. The lowest BCUT2D eigenvalue weighted by molar-refractivity contribution is 0.0626. The van der Waals surface area contributed by atoms with Gasteiger partial charge >= 0.3 is 0 Å². The third-order valence-electron chi connectivity index (χ3n) is 4.81. The molecule has 2 heterocycles. The standard InChI is InChI=1S/C17H18ClFN4O/c1-9-3-6-12(19)13(14(9)18)17(24)22-7-8-23-16(10(22)2)20-15(21-23)11-4-5-11/h3,6,10-11H,4-5,7-8H2,1-2H3/t10-/m1/s1. The number of amides is 1. The van der Waals surface area contributed by atoms with E-state index in [9.17, 15) is 9.18 Å². The normalized spacial score (nSPS) is 20.2. The van der Waals surface area contributed by atoms with E-state index in [2.05, 4.69) is 10.1 Å². The van der Waals surface area contributed by atoms with Gasteiger partial charge in [-0.1, -0.05) is 17.7 Å². The first-order valence-electron chi connectivity index (χ1n) is 8.17. The predicted octanol–water partition coefficient (Wildman–Crippen LogP) is 3.47. The zero-order chi connectivity index (χ0) is 17.0. The Morgan fingerprint density at radius 1 is 1.33 bits per heavy atom. The molecule has 1 saturated carbocycles. The molecule has 1 fully saturated rings. The molecule has 126 valence electrons. The van der Waals surface area contributed by atoms with Crippen molar-refractivity contribution in [2.24, 2.45) is 0 Å². The van der Waals surface area contributed by atoms with Gasteiger partial charge in [0.15, 0.2) is 5.82 Å². The second-order valence-electron chi connectivity index (χ2n) is 6.55. The number of carbonyl (C=O) groups excluding carboxylic acids is 1. The van der Waals surface area contributed by atoms with E-state index in [0.29, 0.717) is 24.6 Å². The Kier molecular flexibility index (Phi) is 3.60. The minimum Gasteiger partial charge on any atom is -0.327 e. The highest BCUT2D eigenvalue weighted by Crippen LogP contribution is 2.39. The van der Waals surface area contributed by atoms with Crippen molar-refractivity contribution < 1.29 is 9.18 Å². The minimum atomic E-state index is -0.589. The van der Waals surface area contributed by atoms with Gasteiger partial charge in [-0.25, -0.2) is 14.1 Å². The van der Waals surface area contributed by atoms with Gasteiger partial charge in [-0.15, -0.1) is 0 Å². The molecule has 0 unspecified atom stereocenters. The van der Waals surface area contributed by atoms with Gasteiger partial charge in [-0.05, 0) is 38.3 Å². The number of fused-ring (bicyclic) bond motifs is 1. The van der Waals surface area contributed by atoms with Crippen molar-refractivity contribution in [2.75, 3.05) is 6.54 Å². The molecule has 1 aromatic heterocycles. The summed E-state index contributed by atoms with van der Waals surface area (Å²) in [4.78, 5) is 19.2. The summed E-state index contributed by atoms with van der Waals surface area (Å²) in [5.41, 5.74) is 0.629. The Balaban J connectivity index is 1.67. The van der Waals surface area contributed by atoms with E-state index in [1.54, 1.807) is 17.9 Å². The molecule has 7 heteroatoms. The van der Waals surface area contributed by atoms with Gasteiger partial charge in [0, 0.05) is 12.5 Å². The minimum absolute atomic E-state index is 0.0566. The molecule has 2 aromatic rings. The van der Waals surface area contributed by atoms with Gasteiger partial charge < -0.3 is 4.90 Å². The van der Waals surface area contributed by atoms with E-state index in [1.165, 1.54) is 6.07 Å². The molecule has 0 N–H and O–H groups in total. The van der Waals surface area contributed by atoms with Gasteiger partial charge in [0.05, 0.1) is 23.2 Å². The number of hydrogen-bond acceptors (Lipinski definition) is 3. The van der Waals surface area contributed by atoms with E-state index < -0.39 is 11.7 Å². The molecule has 2 aliphatic rings. The highest BCUT2D eigenvalue weighted by molar-refractivity contribution is 6.34. The quantitative estimate of drug-likeness (QED) is 0.835. The fraction of sp³-hybridized carbons (Fsp3) is 0.471. The van der Waals surface area contributed by atoms with Crippen LogP contribution in [0.3, 0.4) is 0 Å². The maximum absolute atomic E-state index is 14.2. The van der Waals surface area contributed by atoms with Crippen molar-refractivity contribution in [3.8, 4) is 0 Å². The molecule has 1 aromatic carbocycles. The molecule has 4 rings (SSSR count). The number of aromatic nitrogens is 3. The van der Waals surface area contributed by atoms with E-state index >= 15 is 0 Å². The average molecular weight is 349 g/mol. The molecule has 0 bridgehead atoms. The Bertz CT molecular complexity index is 830. The summed E-state index contributed by atoms with van der Waals surface area (Å²) in [7, 11) is 0. The molecule has 0 radical (unpaired) electrons. The molecule has 5 nitrogen and oxygen atoms in total. The zero-order valence-corrected chi connectivity index (χ0v) is 14.3. The fourth-order valence-corrected chi connectivity index (χ4v) is 3.40. The monoisotopic (exact) mass is 348 g/mol. The number of benzene rings is 1. The van der Waals surface area contributed by atoms with Crippen LogP contribution in [0, 0.1) is 12.7 Å². The molecule has 1 aliphatic carbocycles. The van der Waals surface area contributed by atoms with Crippen LogP contribution in [0.1, 0.15) is 59.3 Å². The van der Waals surface area contributed by atoms with Crippen molar-refractivity contribution in [3.05, 3.63) is 45.7 Å². The van der Waals surface area contributed by atoms with E-state index in [1.807, 2.05) is 11.6 Å². The molecular weight excluding hydrogens is 331 g/mol. The SMILES string of the molecule is Cc1ccc(F)c(C(=O)N2CCn3nc(C4CC4)nc3[C@H]2C)c1Cl. The largest absolute Gasteiger partial charge is 0.327 e. The summed E-state index contributed by atoms with van der Waals surface area (Å²) >= 11 is 6.19. The van der Waals surface area contributed by atoms with Gasteiger partial charge in [0.1, 0.15) is 11.6 Å². The molecule has 24 heavy (non-hydrogen) atoms. The first-order chi connectivity index (χ1) is 11.5. The summed E-state index contributed by atoms with van der Waals surface area (Å²) in [6.07, 6.45) is 2.26. The summed E-state index contributed by atoms with van der Waals surface area (Å²) in [6.45, 7) is 4.69. The lowest BCUT2D eigenvalue weighted by Gasteiger charge is -2.33. The molecule has 0 saturated heterocycles.